The highest BCUT2D eigenvalue weighted by Crippen LogP contribution is 2.47. The van der Waals surface area contributed by atoms with Crippen molar-refractivity contribution >= 4 is 28.7 Å². The van der Waals surface area contributed by atoms with Crippen LogP contribution in [-0.4, -0.2) is 95.3 Å². The molecule has 1 unspecified atom stereocenters. The minimum atomic E-state index is -2.08. The average Bonchev–Trinajstić information content (AvgIpc) is 3.43. The lowest BCUT2D eigenvalue weighted by atomic mass is 9.82. The van der Waals surface area contributed by atoms with Gasteiger partial charge in [-0.15, -0.1) is 0 Å². The van der Waals surface area contributed by atoms with Gasteiger partial charge in [0.05, 0.1) is 35.1 Å². The molecule has 0 bridgehead atoms. The third-order valence-corrected chi connectivity index (χ3v) is 9.61. The molecular formula is C31H30FN3O13. The molecule has 0 radical (unpaired) electrons. The third-order valence-electron chi connectivity index (χ3n) is 9.61. The molecule has 7 N–H and O–H groups in total. The van der Waals surface area contributed by atoms with Gasteiger partial charge in [0.2, 0.25) is 5.91 Å². The van der Waals surface area contributed by atoms with Crippen LogP contribution >= 0.6 is 0 Å². The Labute approximate surface area is 268 Å². The topological polar surface area (TPSA) is 247 Å². The monoisotopic (exact) mass is 671 g/mol. The molecule has 48 heavy (non-hydrogen) atoms. The quantitative estimate of drug-likeness (QED) is 0.121. The minimum absolute atomic E-state index is 0.0487. The second kappa shape index (κ2) is 11.3. The predicted molar refractivity (Wildman–Crippen MR) is 156 cm³/mol. The molecule has 3 aliphatic heterocycles. The number of pyridine rings is 2. The molecule has 0 spiro atoms. The summed E-state index contributed by atoms with van der Waals surface area (Å²) < 4.78 is 31.8. The highest BCUT2D eigenvalue weighted by molar-refractivity contribution is 5.94. The van der Waals surface area contributed by atoms with Gasteiger partial charge in [0.25, 0.3) is 5.56 Å². The largest absolute Gasteiger partial charge is 0.505 e. The van der Waals surface area contributed by atoms with Gasteiger partial charge in [-0.2, -0.15) is 0 Å². The summed E-state index contributed by atoms with van der Waals surface area (Å²) in [5, 5.41) is 64.5. The Morgan fingerprint density at radius 2 is 1.90 bits per heavy atom. The second-order valence-corrected chi connectivity index (χ2v) is 12.2. The van der Waals surface area contributed by atoms with Crippen molar-refractivity contribution in [2.24, 2.45) is 0 Å². The maximum atomic E-state index is 14.9. The van der Waals surface area contributed by atoms with Crippen LogP contribution < -0.4 is 10.9 Å². The number of amides is 1. The Hall–Kier alpha value is -4.52. The molecule has 2 aromatic heterocycles. The van der Waals surface area contributed by atoms with Gasteiger partial charge in [0.1, 0.15) is 31.5 Å². The molecular weight excluding hydrogens is 641 g/mol. The Kier molecular flexibility index (Phi) is 7.53. The van der Waals surface area contributed by atoms with Crippen molar-refractivity contribution in [2.75, 3.05) is 6.61 Å². The van der Waals surface area contributed by atoms with Gasteiger partial charge >= 0.3 is 11.9 Å². The number of aromatic nitrogens is 2. The molecule has 1 aromatic carbocycles. The molecule has 17 heteroatoms. The highest BCUT2D eigenvalue weighted by Gasteiger charge is 2.48. The number of ether oxygens (including phenoxy) is 3. The van der Waals surface area contributed by atoms with Crippen molar-refractivity contribution < 1.29 is 63.6 Å². The van der Waals surface area contributed by atoms with Crippen LogP contribution in [0.2, 0.25) is 0 Å². The first-order chi connectivity index (χ1) is 22.8. The summed E-state index contributed by atoms with van der Waals surface area (Å²) in [5.74, 6) is -4.79. The number of esters is 1. The molecule has 16 nitrogen and oxygen atoms in total. The highest BCUT2D eigenvalue weighted by atomic mass is 19.1. The van der Waals surface area contributed by atoms with Crippen LogP contribution in [0.1, 0.15) is 53.6 Å². The van der Waals surface area contributed by atoms with E-state index in [9.17, 15) is 54.2 Å². The lowest BCUT2D eigenvalue weighted by Gasteiger charge is -2.38. The fourth-order valence-electron chi connectivity index (χ4n) is 7.10. The fourth-order valence-corrected chi connectivity index (χ4v) is 7.10. The second-order valence-electron chi connectivity index (χ2n) is 12.2. The number of aliphatic carboxylic acids is 1. The number of carbonyl (C=O) groups excluding carboxylic acids is 2. The van der Waals surface area contributed by atoms with Crippen LogP contribution in [-0.2, 0) is 53.8 Å². The number of aliphatic hydroxyl groups is 4. The maximum absolute atomic E-state index is 14.9. The first-order valence-corrected chi connectivity index (χ1v) is 15.1. The number of aryl methyl sites for hydroxylation is 1. The lowest BCUT2D eigenvalue weighted by molar-refractivity contribution is -0.292. The zero-order valence-electron chi connectivity index (χ0n) is 25.2. The predicted octanol–water partition coefficient (Wildman–Crippen LogP) is -1.06. The SMILES string of the molecule is CC[C@@]1(O)C(=O)OCc2c1cc1n(c2=O)Cc2c-1nc1cc(F)c(O)c3c1c2[C@@H](NC(=O)COC1O[C@H](C(=O)O)[C@@H](O)[C@H](O)[C@H]1O)CC3. The molecule has 7 rings (SSSR count). The number of aromatic hydroxyl groups is 1. The summed E-state index contributed by atoms with van der Waals surface area (Å²) in [6, 6.07) is 1.72. The van der Waals surface area contributed by atoms with Crippen LogP contribution in [0.5, 0.6) is 5.75 Å². The van der Waals surface area contributed by atoms with Gasteiger partial charge in [-0.1, -0.05) is 6.92 Å². The van der Waals surface area contributed by atoms with E-state index in [0.29, 0.717) is 16.5 Å². The average molecular weight is 672 g/mol. The number of hydrogen-bond acceptors (Lipinski definition) is 13. The van der Waals surface area contributed by atoms with Crippen molar-refractivity contribution in [2.45, 2.75) is 81.7 Å². The van der Waals surface area contributed by atoms with Gasteiger partial charge in [-0.05, 0) is 30.9 Å². The van der Waals surface area contributed by atoms with E-state index in [-0.39, 0.29) is 66.0 Å². The van der Waals surface area contributed by atoms with Gasteiger partial charge in [-0.25, -0.2) is 19.0 Å². The van der Waals surface area contributed by atoms with Crippen molar-refractivity contribution in [1.82, 2.24) is 14.9 Å². The maximum Gasteiger partial charge on any atom is 0.343 e. The minimum Gasteiger partial charge on any atom is -0.505 e. The lowest BCUT2D eigenvalue weighted by Crippen LogP contribution is -2.60. The van der Waals surface area contributed by atoms with Crippen molar-refractivity contribution in [3.63, 3.8) is 0 Å². The molecule has 3 aromatic rings. The summed E-state index contributed by atoms with van der Waals surface area (Å²) in [6.07, 6.45) is -9.25. The smallest absolute Gasteiger partial charge is 0.343 e. The number of carbonyl (C=O) groups is 3. The molecule has 7 atom stereocenters. The number of carboxylic acids is 1. The first-order valence-electron chi connectivity index (χ1n) is 15.1. The summed E-state index contributed by atoms with van der Waals surface area (Å²) >= 11 is 0. The number of benzene rings is 1. The number of aliphatic hydroxyl groups excluding tert-OH is 3. The fraction of sp³-hybridized carbons (Fsp3) is 0.452. The van der Waals surface area contributed by atoms with Crippen LogP contribution in [0.25, 0.3) is 22.3 Å². The number of halogens is 1. The van der Waals surface area contributed by atoms with E-state index >= 15 is 0 Å². The van der Waals surface area contributed by atoms with Gasteiger partial charge in [-0.3, -0.25) is 9.59 Å². The zero-order chi connectivity index (χ0) is 34.4. The Morgan fingerprint density at radius 1 is 1.15 bits per heavy atom. The van der Waals surface area contributed by atoms with Crippen molar-refractivity contribution in [3.05, 3.63) is 56.1 Å². The molecule has 1 aliphatic carbocycles. The van der Waals surface area contributed by atoms with Crippen LogP contribution in [0.3, 0.4) is 0 Å². The van der Waals surface area contributed by atoms with Crippen molar-refractivity contribution in [1.29, 1.82) is 0 Å². The number of fused-ring (bicyclic) bond motifs is 5. The van der Waals surface area contributed by atoms with E-state index < -0.39 is 83.9 Å². The van der Waals surface area contributed by atoms with E-state index in [1.807, 2.05) is 0 Å². The standard InChI is InChI=1S/C31H30FN3O13/c1-2-31(45)13-5-17-21-11(7-35(17)27(41)12(13)8-47-30(31)44)20-15(4-3-10-19(20)16(34-21)6-14(32)22(10)37)33-18(36)9-46-29-25(40)23(38)24(39)26(48-29)28(42)43/h5-6,15,23-26,29,37-40,45H,2-4,7-9H2,1H3,(H,33,36)(H,42,43)/t15-,23-,24-,25+,26-,29?,31-/m0/s1. The van der Waals surface area contributed by atoms with Gasteiger partial charge in [0, 0.05) is 28.1 Å². The Morgan fingerprint density at radius 3 is 2.60 bits per heavy atom. The number of rotatable bonds is 6. The number of cyclic esters (lactones) is 1. The normalized spacial score (nSPS) is 28.8. The molecule has 4 aliphatic rings. The number of nitrogens with zero attached hydrogens (tertiary/aromatic N) is 2. The van der Waals surface area contributed by atoms with Crippen LogP contribution in [0.15, 0.2) is 16.9 Å². The Bertz CT molecular complexity index is 1980. The molecule has 1 amide bonds. The number of phenolic OH excluding ortho intramolecular Hbond substituents is 1. The number of phenols is 1. The number of hydrogen-bond donors (Lipinski definition) is 7. The molecule has 0 saturated carbocycles. The molecule has 254 valence electrons. The molecule has 1 fully saturated rings. The van der Waals surface area contributed by atoms with Gasteiger partial charge < -0.3 is 54.7 Å². The van der Waals surface area contributed by atoms with E-state index in [1.165, 1.54) is 10.6 Å². The summed E-state index contributed by atoms with van der Waals surface area (Å²) in [6.45, 7) is 0.392. The number of nitrogens with one attached hydrogen (secondary N) is 1. The van der Waals surface area contributed by atoms with Crippen molar-refractivity contribution in [3.8, 4) is 17.1 Å². The zero-order valence-corrected chi connectivity index (χ0v) is 25.2. The molecule has 5 heterocycles. The van der Waals surface area contributed by atoms with Crippen LogP contribution in [0.4, 0.5) is 4.39 Å². The van der Waals surface area contributed by atoms with E-state index in [4.69, 9.17) is 14.2 Å². The van der Waals surface area contributed by atoms with E-state index in [0.717, 1.165) is 6.07 Å². The third kappa shape index (κ3) is 4.61. The van der Waals surface area contributed by atoms with Crippen LogP contribution in [0, 0.1) is 5.82 Å². The number of carboxylic acid groups (broad SMARTS) is 1. The summed E-state index contributed by atoms with van der Waals surface area (Å²) in [5.41, 5.74) is -0.653. The summed E-state index contributed by atoms with van der Waals surface area (Å²) in [7, 11) is 0. The van der Waals surface area contributed by atoms with E-state index in [2.05, 4.69) is 10.3 Å². The summed E-state index contributed by atoms with van der Waals surface area (Å²) in [4.78, 5) is 55.6. The van der Waals surface area contributed by atoms with E-state index in [1.54, 1.807) is 6.92 Å². The van der Waals surface area contributed by atoms with Gasteiger partial charge in [0.15, 0.2) is 29.6 Å². The first kappa shape index (κ1) is 32.0. The molecule has 1 saturated heterocycles. The Balaban J connectivity index is 1.26.